The second-order valence-electron chi connectivity index (χ2n) is 7.25. The van der Waals surface area contributed by atoms with Gasteiger partial charge in [0.1, 0.15) is 17.2 Å². The molecule has 31 heavy (non-hydrogen) atoms. The van der Waals surface area contributed by atoms with Crippen LogP contribution in [0.15, 0.2) is 77.5 Å². The van der Waals surface area contributed by atoms with E-state index in [0.717, 1.165) is 11.3 Å². The predicted molar refractivity (Wildman–Crippen MR) is 118 cm³/mol. The van der Waals surface area contributed by atoms with Gasteiger partial charge in [0, 0.05) is 17.0 Å². The number of rotatable bonds is 5. The smallest absolute Gasteiger partial charge is 0.220 e. The molecule has 0 amide bonds. The number of benzene rings is 2. The summed E-state index contributed by atoms with van der Waals surface area (Å²) in [7, 11) is 0. The van der Waals surface area contributed by atoms with Gasteiger partial charge >= 0.3 is 0 Å². The molecule has 3 aromatic heterocycles. The van der Waals surface area contributed by atoms with Crippen molar-refractivity contribution in [3.8, 4) is 22.9 Å². The maximum Gasteiger partial charge on any atom is 0.220 e. The Bertz CT molecular complexity index is 1340. The summed E-state index contributed by atoms with van der Waals surface area (Å²) < 4.78 is 7.12. The lowest BCUT2D eigenvalue weighted by Gasteiger charge is -2.13. The van der Waals surface area contributed by atoms with Gasteiger partial charge in [-0.25, -0.2) is 4.98 Å². The monoisotopic (exact) mass is 431 g/mol. The van der Waals surface area contributed by atoms with Crippen LogP contribution < -0.4 is 0 Å². The Morgan fingerprint density at radius 3 is 2.55 bits per heavy atom. The third-order valence-corrected chi connectivity index (χ3v) is 5.31. The average Bonchev–Trinajstić information content (AvgIpc) is 3.37. The summed E-state index contributed by atoms with van der Waals surface area (Å²) in [4.78, 5) is 9.19. The molecule has 2 aromatic carbocycles. The molecular formula is C24H18ClN3O3. The standard InChI is InChI=1S/C24H18ClN3O3/c25-17-10-16(11-18(29)12-17)23-21(9-15-5-2-1-3-6-15)28-22(14-26-23)27-20(24(28)30)13-19-7-4-8-31-19/h1-8,10-12,14,29-30H,9,13H2. The Morgan fingerprint density at radius 1 is 0.968 bits per heavy atom. The topological polar surface area (TPSA) is 83.8 Å². The normalized spacial score (nSPS) is 11.3. The molecule has 0 saturated carbocycles. The van der Waals surface area contributed by atoms with E-state index in [9.17, 15) is 10.2 Å². The highest BCUT2D eigenvalue weighted by molar-refractivity contribution is 6.31. The van der Waals surface area contributed by atoms with Gasteiger partial charge in [0.2, 0.25) is 5.88 Å². The Balaban J connectivity index is 1.72. The van der Waals surface area contributed by atoms with E-state index in [-0.39, 0.29) is 11.6 Å². The molecule has 0 atom stereocenters. The Labute approximate surface area is 183 Å². The van der Waals surface area contributed by atoms with Crippen molar-refractivity contribution < 1.29 is 14.6 Å². The maximum absolute atomic E-state index is 11.1. The maximum atomic E-state index is 11.1. The van der Waals surface area contributed by atoms with Crippen LogP contribution in [-0.2, 0) is 12.8 Å². The number of halogens is 1. The first-order valence-corrected chi connectivity index (χ1v) is 10.1. The van der Waals surface area contributed by atoms with Crippen molar-refractivity contribution in [2.45, 2.75) is 12.8 Å². The van der Waals surface area contributed by atoms with E-state index in [0.29, 0.717) is 46.2 Å². The van der Waals surface area contributed by atoms with E-state index < -0.39 is 0 Å². The van der Waals surface area contributed by atoms with Gasteiger partial charge in [-0.2, -0.15) is 0 Å². The summed E-state index contributed by atoms with van der Waals surface area (Å²) in [6.45, 7) is 0. The summed E-state index contributed by atoms with van der Waals surface area (Å²) >= 11 is 6.18. The van der Waals surface area contributed by atoms with Gasteiger partial charge in [-0.15, -0.1) is 0 Å². The molecule has 0 saturated heterocycles. The largest absolute Gasteiger partial charge is 0.508 e. The van der Waals surface area contributed by atoms with Gasteiger partial charge in [-0.3, -0.25) is 9.38 Å². The summed E-state index contributed by atoms with van der Waals surface area (Å²) in [5.41, 5.74) is 4.06. The van der Waals surface area contributed by atoms with Gasteiger partial charge in [-0.05, 0) is 35.9 Å². The molecule has 0 bridgehead atoms. The number of hydrogen-bond acceptors (Lipinski definition) is 5. The predicted octanol–water partition coefficient (Wildman–Crippen LogP) is 5.24. The molecule has 0 aliphatic carbocycles. The number of phenols is 1. The molecule has 0 aliphatic rings. The average molecular weight is 432 g/mol. The first kappa shape index (κ1) is 19.2. The highest BCUT2D eigenvalue weighted by atomic mass is 35.5. The van der Waals surface area contributed by atoms with Crippen molar-refractivity contribution in [2.24, 2.45) is 0 Å². The Hall–Kier alpha value is -3.77. The van der Waals surface area contributed by atoms with Gasteiger partial charge in [0.25, 0.3) is 0 Å². The van der Waals surface area contributed by atoms with Crippen molar-refractivity contribution >= 4 is 17.2 Å². The number of phenolic OH excluding ortho intramolecular Hbond substituents is 1. The van der Waals surface area contributed by atoms with Gasteiger partial charge < -0.3 is 14.6 Å². The molecule has 6 nitrogen and oxygen atoms in total. The lowest BCUT2D eigenvalue weighted by atomic mass is 10.0. The minimum Gasteiger partial charge on any atom is -0.508 e. The third-order valence-electron chi connectivity index (χ3n) is 5.09. The number of fused-ring (bicyclic) bond motifs is 1. The number of furan rings is 1. The summed E-state index contributed by atoms with van der Waals surface area (Å²) in [5, 5.41) is 21.5. The molecule has 0 unspecified atom stereocenters. The lowest BCUT2D eigenvalue weighted by Crippen LogP contribution is -2.04. The third kappa shape index (κ3) is 3.73. The molecule has 2 N–H and O–H groups in total. The van der Waals surface area contributed by atoms with E-state index >= 15 is 0 Å². The van der Waals surface area contributed by atoms with Crippen molar-refractivity contribution in [3.05, 3.63) is 101 Å². The first-order valence-electron chi connectivity index (χ1n) is 9.73. The van der Waals surface area contributed by atoms with E-state index in [1.54, 1.807) is 35.1 Å². The van der Waals surface area contributed by atoms with Crippen LogP contribution >= 0.6 is 11.6 Å². The molecule has 0 radical (unpaired) electrons. The van der Waals surface area contributed by atoms with Gasteiger partial charge in [-0.1, -0.05) is 41.9 Å². The van der Waals surface area contributed by atoms with Crippen molar-refractivity contribution in [3.63, 3.8) is 0 Å². The molecule has 154 valence electrons. The molecule has 3 heterocycles. The molecular weight excluding hydrogens is 414 g/mol. The molecule has 5 aromatic rings. The first-order chi connectivity index (χ1) is 15.1. The quantitative estimate of drug-likeness (QED) is 0.398. The van der Waals surface area contributed by atoms with Crippen molar-refractivity contribution in [2.75, 3.05) is 0 Å². The fraction of sp³-hybridized carbons (Fsp3) is 0.0833. The zero-order valence-electron chi connectivity index (χ0n) is 16.4. The van der Waals surface area contributed by atoms with Crippen molar-refractivity contribution in [1.82, 2.24) is 14.4 Å². The Kier molecular flexibility index (Phi) is 4.84. The molecule has 7 heteroatoms. The zero-order chi connectivity index (χ0) is 21.4. The zero-order valence-corrected chi connectivity index (χ0v) is 17.1. The number of imidazole rings is 1. The second-order valence-corrected chi connectivity index (χ2v) is 7.68. The number of aromatic hydroxyl groups is 2. The van der Waals surface area contributed by atoms with Crippen LogP contribution in [0.25, 0.3) is 16.9 Å². The van der Waals surface area contributed by atoms with Gasteiger partial charge in [0.15, 0.2) is 5.65 Å². The van der Waals surface area contributed by atoms with E-state index in [2.05, 4.69) is 9.97 Å². The molecule has 0 spiro atoms. The minimum atomic E-state index is 0.0345. The SMILES string of the molecule is Oc1cc(Cl)cc(-c2ncc3nc(Cc4ccco4)c(O)n3c2Cc2ccccc2)c1. The van der Waals surface area contributed by atoms with Crippen LogP contribution in [0.4, 0.5) is 0 Å². The van der Waals surface area contributed by atoms with Crippen LogP contribution in [0.1, 0.15) is 22.7 Å². The van der Waals surface area contributed by atoms with Crippen LogP contribution in [-0.4, -0.2) is 24.6 Å². The number of aromatic nitrogens is 3. The number of hydrogen-bond donors (Lipinski definition) is 2. The summed E-state index contributed by atoms with van der Waals surface area (Å²) in [6.07, 6.45) is 4.05. The number of nitrogens with zero attached hydrogens (tertiary/aromatic N) is 3. The lowest BCUT2D eigenvalue weighted by molar-refractivity contribution is 0.436. The minimum absolute atomic E-state index is 0.0345. The molecule has 0 aliphatic heterocycles. The summed E-state index contributed by atoms with van der Waals surface area (Å²) in [6, 6.07) is 18.3. The molecule has 0 fully saturated rings. The van der Waals surface area contributed by atoms with Crippen LogP contribution in [0.5, 0.6) is 11.6 Å². The Morgan fingerprint density at radius 2 is 1.81 bits per heavy atom. The highest BCUT2D eigenvalue weighted by Crippen LogP contribution is 2.33. The van der Waals surface area contributed by atoms with Crippen molar-refractivity contribution in [1.29, 1.82) is 0 Å². The molecule has 5 rings (SSSR count). The van der Waals surface area contributed by atoms with E-state index in [1.165, 1.54) is 6.07 Å². The van der Waals surface area contributed by atoms with Gasteiger partial charge in [0.05, 0.1) is 30.3 Å². The van der Waals surface area contributed by atoms with Crippen LogP contribution in [0.2, 0.25) is 5.02 Å². The fourth-order valence-corrected chi connectivity index (χ4v) is 3.96. The van der Waals surface area contributed by atoms with Crippen LogP contribution in [0.3, 0.4) is 0 Å². The van der Waals surface area contributed by atoms with Crippen LogP contribution in [0, 0.1) is 0 Å². The van der Waals surface area contributed by atoms with E-state index in [1.807, 2.05) is 36.4 Å². The summed E-state index contributed by atoms with van der Waals surface area (Å²) in [5.74, 6) is 0.784. The highest BCUT2D eigenvalue weighted by Gasteiger charge is 2.20. The fourth-order valence-electron chi connectivity index (χ4n) is 3.73. The second kappa shape index (κ2) is 7.81. The van der Waals surface area contributed by atoms with E-state index in [4.69, 9.17) is 16.0 Å².